The molecule has 21 heavy (non-hydrogen) atoms. The molecule has 1 amide bonds. The zero-order chi connectivity index (χ0) is 15.4. The van der Waals surface area contributed by atoms with Gasteiger partial charge in [-0.3, -0.25) is 4.79 Å². The summed E-state index contributed by atoms with van der Waals surface area (Å²) in [6.45, 7) is 3.82. The Labute approximate surface area is 133 Å². The Morgan fingerprint density at radius 1 is 1.38 bits per heavy atom. The van der Waals surface area contributed by atoms with Gasteiger partial charge in [0.25, 0.3) is 0 Å². The zero-order valence-corrected chi connectivity index (χ0v) is 13.7. The van der Waals surface area contributed by atoms with Crippen LogP contribution in [0.1, 0.15) is 24.4 Å². The van der Waals surface area contributed by atoms with Crippen LogP contribution >= 0.6 is 23.4 Å². The molecule has 7 heteroatoms. The number of aromatic nitrogens is 3. The zero-order valence-electron chi connectivity index (χ0n) is 12.1. The van der Waals surface area contributed by atoms with Crippen LogP contribution in [0, 0.1) is 6.92 Å². The van der Waals surface area contributed by atoms with E-state index in [4.69, 9.17) is 11.6 Å². The van der Waals surface area contributed by atoms with Crippen molar-refractivity contribution in [3.8, 4) is 0 Å². The van der Waals surface area contributed by atoms with E-state index in [2.05, 4.69) is 15.5 Å². The maximum Gasteiger partial charge on any atom is 0.230 e. The van der Waals surface area contributed by atoms with Crippen molar-refractivity contribution >= 4 is 29.3 Å². The van der Waals surface area contributed by atoms with Gasteiger partial charge < -0.3 is 9.88 Å². The molecule has 2 rings (SSSR count). The first kappa shape index (κ1) is 15.9. The van der Waals surface area contributed by atoms with Crippen LogP contribution in [0.4, 0.5) is 0 Å². The van der Waals surface area contributed by atoms with E-state index in [-0.39, 0.29) is 11.9 Å². The van der Waals surface area contributed by atoms with E-state index in [1.54, 1.807) is 0 Å². The van der Waals surface area contributed by atoms with E-state index in [9.17, 15) is 4.79 Å². The molecule has 1 aromatic heterocycles. The maximum absolute atomic E-state index is 12.0. The Kier molecular flexibility index (Phi) is 5.25. The minimum absolute atomic E-state index is 0.0388. The van der Waals surface area contributed by atoms with Gasteiger partial charge in [0.05, 0.1) is 11.8 Å². The van der Waals surface area contributed by atoms with Gasteiger partial charge in [0.1, 0.15) is 5.82 Å². The molecule has 0 saturated carbocycles. The fourth-order valence-electron chi connectivity index (χ4n) is 1.76. The molecule has 0 fully saturated rings. The average Bonchev–Trinajstić information content (AvgIpc) is 2.77. The minimum Gasteiger partial charge on any atom is -0.349 e. The molecule has 1 aromatic carbocycles. The second kappa shape index (κ2) is 6.95. The molecule has 5 nitrogen and oxygen atoms in total. The molecule has 112 valence electrons. The fourth-order valence-corrected chi connectivity index (χ4v) is 2.66. The molecule has 0 bridgehead atoms. The molecule has 1 N–H and O–H groups in total. The number of carbonyl (C=O) groups excluding carboxylic acids is 1. The standard InChI is InChI=1S/C14H17ClN4OS/c1-9(11-4-6-12(15)7-5-11)16-13(20)8-21-14-18-17-10(2)19(14)3/h4-7,9H,8H2,1-3H3,(H,16,20)/t9-/m0/s1. The molecular weight excluding hydrogens is 308 g/mol. The summed E-state index contributed by atoms with van der Waals surface area (Å²) in [5, 5.41) is 12.3. The molecular formula is C14H17ClN4OS. The van der Waals surface area contributed by atoms with Gasteiger partial charge in [-0.05, 0) is 31.5 Å². The highest BCUT2D eigenvalue weighted by Crippen LogP contribution is 2.18. The first-order chi connectivity index (χ1) is 9.97. The third kappa shape index (κ3) is 4.22. The number of rotatable bonds is 5. The lowest BCUT2D eigenvalue weighted by Gasteiger charge is -2.14. The van der Waals surface area contributed by atoms with Crippen molar-refractivity contribution in [1.82, 2.24) is 20.1 Å². The number of hydrogen-bond acceptors (Lipinski definition) is 4. The van der Waals surface area contributed by atoms with Gasteiger partial charge in [-0.15, -0.1) is 10.2 Å². The number of benzene rings is 1. The van der Waals surface area contributed by atoms with Crippen molar-refractivity contribution in [3.63, 3.8) is 0 Å². The largest absolute Gasteiger partial charge is 0.349 e. The number of hydrogen-bond donors (Lipinski definition) is 1. The predicted molar refractivity (Wildman–Crippen MR) is 84.5 cm³/mol. The van der Waals surface area contributed by atoms with Crippen LogP contribution in [-0.4, -0.2) is 26.4 Å². The van der Waals surface area contributed by atoms with E-state index in [1.807, 2.05) is 49.7 Å². The molecule has 0 radical (unpaired) electrons. The van der Waals surface area contributed by atoms with Crippen molar-refractivity contribution in [2.75, 3.05) is 5.75 Å². The second-order valence-corrected chi connectivity index (χ2v) is 6.10. The van der Waals surface area contributed by atoms with Gasteiger partial charge in [0, 0.05) is 12.1 Å². The summed E-state index contributed by atoms with van der Waals surface area (Å²) in [7, 11) is 1.88. The number of carbonyl (C=O) groups is 1. The Morgan fingerprint density at radius 3 is 2.62 bits per heavy atom. The highest BCUT2D eigenvalue weighted by Gasteiger charge is 2.12. The van der Waals surface area contributed by atoms with Crippen LogP contribution in [0.25, 0.3) is 0 Å². The van der Waals surface area contributed by atoms with E-state index in [0.29, 0.717) is 10.8 Å². The molecule has 0 unspecified atom stereocenters. The molecule has 0 aliphatic carbocycles. The fraction of sp³-hybridized carbons (Fsp3) is 0.357. The Bertz CT molecular complexity index is 626. The molecule has 0 spiro atoms. The summed E-state index contributed by atoms with van der Waals surface area (Å²) in [5.41, 5.74) is 1.02. The Balaban J connectivity index is 1.87. The number of nitrogens with zero attached hydrogens (tertiary/aromatic N) is 3. The Morgan fingerprint density at radius 2 is 2.05 bits per heavy atom. The number of amides is 1. The summed E-state index contributed by atoms with van der Waals surface area (Å²) >= 11 is 7.22. The van der Waals surface area contributed by atoms with Crippen LogP contribution in [0.3, 0.4) is 0 Å². The molecule has 2 aromatic rings. The van der Waals surface area contributed by atoms with Gasteiger partial charge in [0.2, 0.25) is 5.91 Å². The van der Waals surface area contributed by atoms with Crippen molar-refractivity contribution in [3.05, 3.63) is 40.7 Å². The summed E-state index contributed by atoms with van der Waals surface area (Å²) in [6, 6.07) is 7.39. The summed E-state index contributed by atoms with van der Waals surface area (Å²) in [6.07, 6.45) is 0. The van der Waals surface area contributed by atoms with Crippen LogP contribution in [0.2, 0.25) is 5.02 Å². The summed E-state index contributed by atoms with van der Waals surface area (Å²) in [4.78, 5) is 12.0. The van der Waals surface area contributed by atoms with E-state index in [1.165, 1.54) is 11.8 Å². The van der Waals surface area contributed by atoms with Crippen LogP contribution < -0.4 is 5.32 Å². The van der Waals surface area contributed by atoms with Crippen molar-refractivity contribution in [1.29, 1.82) is 0 Å². The van der Waals surface area contributed by atoms with Gasteiger partial charge in [0.15, 0.2) is 5.16 Å². The van der Waals surface area contributed by atoms with E-state index in [0.717, 1.165) is 16.5 Å². The van der Waals surface area contributed by atoms with Crippen LogP contribution in [-0.2, 0) is 11.8 Å². The number of thioether (sulfide) groups is 1. The third-order valence-electron chi connectivity index (χ3n) is 3.13. The molecule has 0 aliphatic heterocycles. The van der Waals surface area contributed by atoms with Crippen molar-refractivity contribution < 1.29 is 4.79 Å². The Hall–Kier alpha value is -1.53. The highest BCUT2D eigenvalue weighted by molar-refractivity contribution is 7.99. The van der Waals surface area contributed by atoms with Gasteiger partial charge in [-0.2, -0.15) is 0 Å². The first-order valence-electron chi connectivity index (χ1n) is 6.51. The first-order valence-corrected chi connectivity index (χ1v) is 7.87. The van der Waals surface area contributed by atoms with E-state index >= 15 is 0 Å². The summed E-state index contributed by atoms with van der Waals surface area (Å²) in [5.74, 6) is 1.10. The maximum atomic E-state index is 12.0. The monoisotopic (exact) mass is 324 g/mol. The molecule has 0 aliphatic rings. The molecule has 1 heterocycles. The third-order valence-corrected chi connectivity index (χ3v) is 4.40. The molecule has 0 saturated heterocycles. The van der Waals surface area contributed by atoms with Crippen molar-refractivity contribution in [2.24, 2.45) is 7.05 Å². The topological polar surface area (TPSA) is 59.8 Å². The normalized spacial score (nSPS) is 12.2. The lowest BCUT2D eigenvalue weighted by molar-refractivity contribution is -0.119. The second-order valence-electron chi connectivity index (χ2n) is 4.72. The number of aryl methyl sites for hydroxylation is 1. The van der Waals surface area contributed by atoms with Crippen LogP contribution in [0.15, 0.2) is 29.4 Å². The minimum atomic E-state index is -0.0587. The highest BCUT2D eigenvalue weighted by atomic mass is 35.5. The smallest absolute Gasteiger partial charge is 0.230 e. The SMILES string of the molecule is Cc1nnc(SCC(=O)N[C@@H](C)c2ccc(Cl)cc2)n1C. The van der Waals surface area contributed by atoms with Gasteiger partial charge in [-0.1, -0.05) is 35.5 Å². The van der Waals surface area contributed by atoms with E-state index < -0.39 is 0 Å². The lowest BCUT2D eigenvalue weighted by Crippen LogP contribution is -2.28. The summed E-state index contributed by atoms with van der Waals surface area (Å²) < 4.78 is 1.86. The predicted octanol–water partition coefficient (Wildman–Crippen LogP) is 2.75. The van der Waals surface area contributed by atoms with Crippen molar-refractivity contribution in [2.45, 2.75) is 25.0 Å². The van der Waals surface area contributed by atoms with Gasteiger partial charge >= 0.3 is 0 Å². The average molecular weight is 325 g/mol. The quantitative estimate of drug-likeness (QED) is 0.859. The number of nitrogens with one attached hydrogen (secondary N) is 1. The lowest BCUT2D eigenvalue weighted by atomic mass is 10.1. The number of halogens is 1. The van der Waals surface area contributed by atoms with Crippen LogP contribution in [0.5, 0.6) is 0 Å². The molecule has 1 atom stereocenters. The van der Waals surface area contributed by atoms with Gasteiger partial charge in [-0.25, -0.2) is 0 Å².